The van der Waals surface area contributed by atoms with Crippen LogP contribution in [0.3, 0.4) is 0 Å². The third-order valence-corrected chi connectivity index (χ3v) is 4.28. The van der Waals surface area contributed by atoms with Crippen molar-refractivity contribution in [2.75, 3.05) is 13.8 Å². The Morgan fingerprint density at radius 3 is 1.62 bits per heavy atom. The second kappa shape index (κ2) is 7.30. The van der Waals surface area contributed by atoms with Gasteiger partial charge in [0.1, 0.15) is 5.75 Å². The van der Waals surface area contributed by atoms with Gasteiger partial charge in [0, 0.05) is 0 Å². The number of hydrogen-bond donors (Lipinski definition) is 2. The molecule has 0 aliphatic heterocycles. The molecule has 0 aliphatic carbocycles. The maximum atomic E-state index is 9.75. The zero-order chi connectivity index (χ0) is 16.8. The Kier molecular flexibility index (Phi) is 4.94. The van der Waals surface area contributed by atoms with Crippen LogP contribution < -0.4 is 10.1 Å². The molecule has 0 aromatic heterocycles. The van der Waals surface area contributed by atoms with Crippen molar-refractivity contribution < 1.29 is 9.84 Å². The highest BCUT2D eigenvalue weighted by molar-refractivity contribution is 5.50. The zero-order valence-corrected chi connectivity index (χ0v) is 13.6. The molecule has 0 unspecified atom stereocenters. The molecule has 24 heavy (non-hydrogen) atoms. The molecule has 0 heterocycles. The number of methoxy groups -OCH3 is 1. The second-order valence-electron chi connectivity index (χ2n) is 5.55. The summed E-state index contributed by atoms with van der Waals surface area (Å²) < 4.78 is 5.28. The van der Waals surface area contributed by atoms with E-state index in [1.54, 1.807) is 7.11 Å². The van der Waals surface area contributed by atoms with E-state index in [4.69, 9.17) is 4.74 Å². The number of rotatable bonds is 6. The van der Waals surface area contributed by atoms with Gasteiger partial charge in [0.15, 0.2) is 0 Å². The summed E-state index contributed by atoms with van der Waals surface area (Å²) in [4.78, 5) is 0. The van der Waals surface area contributed by atoms with Crippen molar-refractivity contribution in [3.63, 3.8) is 0 Å². The first-order valence-corrected chi connectivity index (χ1v) is 7.92. The van der Waals surface area contributed by atoms with Crippen molar-refractivity contribution in [3.05, 3.63) is 102 Å². The molecule has 3 heteroatoms. The van der Waals surface area contributed by atoms with Crippen LogP contribution in [0.15, 0.2) is 84.9 Å². The van der Waals surface area contributed by atoms with Crippen molar-refractivity contribution in [3.8, 4) is 5.75 Å². The largest absolute Gasteiger partial charge is 0.497 e. The quantitative estimate of drug-likeness (QED) is 0.539. The molecule has 0 spiro atoms. The third kappa shape index (κ3) is 2.92. The Morgan fingerprint density at radius 2 is 1.21 bits per heavy atom. The number of aliphatic hydroxyl groups excluding tert-OH is 1. The van der Waals surface area contributed by atoms with Crippen molar-refractivity contribution in [2.24, 2.45) is 0 Å². The van der Waals surface area contributed by atoms with Crippen molar-refractivity contribution >= 4 is 0 Å². The van der Waals surface area contributed by atoms with E-state index in [-0.39, 0.29) is 6.73 Å². The first-order chi connectivity index (χ1) is 11.8. The summed E-state index contributed by atoms with van der Waals surface area (Å²) >= 11 is 0. The van der Waals surface area contributed by atoms with Crippen LogP contribution in [0.1, 0.15) is 16.7 Å². The standard InChI is InChI=1S/C21H21NO2/c1-24-20-14-12-19(13-15-20)21(22-16-23,17-8-4-2-5-9-17)18-10-6-3-7-11-18/h2-15,22-23H,16H2,1H3. The van der Waals surface area contributed by atoms with E-state index in [1.807, 2.05) is 60.7 Å². The van der Waals surface area contributed by atoms with E-state index < -0.39 is 5.54 Å². The second-order valence-corrected chi connectivity index (χ2v) is 5.55. The minimum absolute atomic E-state index is 0.143. The van der Waals surface area contributed by atoms with Crippen LogP contribution in [-0.2, 0) is 5.54 Å². The fourth-order valence-electron chi connectivity index (χ4n) is 3.14. The van der Waals surface area contributed by atoms with Crippen molar-refractivity contribution in [1.82, 2.24) is 5.32 Å². The molecule has 122 valence electrons. The third-order valence-electron chi connectivity index (χ3n) is 4.28. The smallest absolute Gasteiger partial charge is 0.118 e. The molecule has 0 aliphatic rings. The molecule has 3 aromatic carbocycles. The van der Waals surface area contributed by atoms with E-state index in [0.717, 1.165) is 22.4 Å². The van der Waals surface area contributed by atoms with Gasteiger partial charge in [-0.25, -0.2) is 0 Å². The van der Waals surface area contributed by atoms with Crippen LogP contribution in [0.5, 0.6) is 5.75 Å². The Morgan fingerprint density at radius 1 is 0.750 bits per heavy atom. The van der Waals surface area contributed by atoms with Crippen LogP contribution in [0, 0.1) is 0 Å². The highest BCUT2D eigenvalue weighted by atomic mass is 16.5. The lowest BCUT2D eigenvalue weighted by Gasteiger charge is -2.36. The monoisotopic (exact) mass is 319 g/mol. The Labute approximate surface area is 142 Å². The van der Waals surface area contributed by atoms with Crippen LogP contribution in [-0.4, -0.2) is 18.9 Å². The van der Waals surface area contributed by atoms with Gasteiger partial charge in [-0.1, -0.05) is 72.8 Å². The molecule has 0 saturated heterocycles. The van der Waals surface area contributed by atoms with Gasteiger partial charge in [-0.2, -0.15) is 0 Å². The maximum absolute atomic E-state index is 9.75. The molecular formula is C21H21NO2. The molecule has 0 radical (unpaired) electrons. The summed E-state index contributed by atoms with van der Waals surface area (Å²) in [5, 5.41) is 13.0. The molecule has 3 nitrogen and oxygen atoms in total. The van der Waals surface area contributed by atoms with Gasteiger partial charge < -0.3 is 9.84 Å². The Bertz CT molecular complexity index is 715. The molecule has 0 amide bonds. The lowest BCUT2D eigenvalue weighted by atomic mass is 9.77. The first-order valence-electron chi connectivity index (χ1n) is 7.92. The predicted octanol–water partition coefficient (Wildman–Crippen LogP) is 3.53. The zero-order valence-electron chi connectivity index (χ0n) is 13.6. The number of hydrogen-bond acceptors (Lipinski definition) is 3. The summed E-state index contributed by atoms with van der Waals surface area (Å²) in [5.41, 5.74) is 2.53. The Balaban J connectivity index is 2.25. The Hall–Kier alpha value is -2.62. The normalized spacial score (nSPS) is 11.2. The minimum atomic E-state index is -0.635. The minimum Gasteiger partial charge on any atom is -0.497 e. The van der Waals surface area contributed by atoms with Crippen molar-refractivity contribution in [2.45, 2.75) is 5.54 Å². The topological polar surface area (TPSA) is 41.5 Å². The highest BCUT2D eigenvalue weighted by Gasteiger charge is 2.35. The molecule has 0 atom stereocenters. The van der Waals surface area contributed by atoms with E-state index in [2.05, 4.69) is 29.6 Å². The van der Waals surface area contributed by atoms with Gasteiger partial charge in [-0.15, -0.1) is 0 Å². The van der Waals surface area contributed by atoms with Gasteiger partial charge in [-0.3, -0.25) is 5.32 Å². The average Bonchev–Trinajstić information content (AvgIpc) is 2.68. The molecule has 0 bridgehead atoms. The molecule has 3 aromatic rings. The maximum Gasteiger partial charge on any atom is 0.118 e. The van der Waals surface area contributed by atoms with Crippen LogP contribution in [0.4, 0.5) is 0 Å². The molecular weight excluding hydrogens is 298 g/mol. The van der Waals surface area contributed by atoms with Gasteiger partial charge in [0.05, 0.1) is 19.4 Å². The van der Waals surface area contributed by atoms with Gasteiger partial charge in [0.2, 0.25) is 0 Å². The number of nitrogens with one attached hydrogen (secondary N) is 1. The van der Waals surface area contributed by atoms with Gasteiger partial charge in [0.25, 0.3) is 0 Å². The van der Waals surface area contributed by atoms with Crippen LogP contribution in [0.25, 0.3) is 0 Å². The predicted molar refractivity (Wildman–Crippen MR) is 96.0 cm³/mol. The van der Waals surface area contributed by atoms with Crippen LogP contribution in [0.2, 0.25) is 0 Å². The van der Waals surface area contributed by atoms with Crippen molar-refractivity contribution in [1.29, 1.82) is 0 Å². The van der Waals surface area contributed by atoms with Gasteiger partial charge in [-0.05, 0) is 28.8 Å². The van der Waals surface area contributed by atoms with Crippen LogP contribution >= 0.6 is 0 Å². The first kappa shape index (κ1) is 16.2. The number of benzene rings is 3. The number of ether oxygens (including phenoxy) is 1. The lowest BCUT2D eigenvalue weighted by molar-refractivity contribution is 0.226. The highest BCUT2D eigenvalue weighted by Crippen LogP contribution is 2.37. The summed E-state index contributed by atoms with van der Waals surface area (Å²) in [6.45, 7) is -0.143. The van der Waals surface area contributed by atoms with E-state index >= 15 is 0 Å². The molecule has 3 rings (SSSR count). The fraction of sp³-hybridized carbons (Fsp3) is 0.143. The summed E-state index contributed by atoms with van der Waals surface area (Å²) in [7, 11) is 1.66. The van der Waals surface area contributed by atoms with E-state index in [9.17, 15) is 5.11 Å². The summed E-state index contributed by atoms with van der Waals surface area (Å²) in [5.74, 6) is 0.803. The summed E-state index contributed by atoms with van der Waals surface area (Å²) in [6.07, 6.45) is 0. The lowest BCUT2D eigenvalue weighted by Crippen LogP contribution is -2.45. The SMILES string of the molecule is COc1ccc(C(NCO)(c2ccccc2)c2ccccc2)cc1. The molecule has 2 N–H and O–H groups in total. The van der Waals surface area contributed by atoms with E-state index in [1.165, 1.54) is 0 Å². The van der Waals surface area contributed by atoms with E-state index in [0.29, 0.717) is 0 Å². The fourth-order valence-corrected chi connectivity index (χ4v) is 3.14. The van der Waals surface area contributed by atoms with Gasteiger partial charge >= 0.3 is 0 Å². The average molecular weight is 319 g/mol. The number of aliphatic hydroxyl groups is 1. The molecule has 0 fully saturated rings. The summed E-state index contributed by atoms with van der Waals surface area (Å²) in [6, 6.07) is 28.2. The molecule has 0 saturated carbocycles.